The van der Waals surface area contributed by atoms with Crippen LogP contribution in [0.15, 0.2) is 53.4 Å². The Balaban J connectivity index is 2.38. The molecular weight excluding hydrogens is 354 g/mol. The summed E-state index contributed by atoms with van der Waals surface area (Å²) in [5, 5.41) is 9.46. The van der Waals surface area contributed by atoms with Gasteiger partial charge in [0.25, 0.3) is 0 Å². The zero-order valence-electron chi connectivity index (χ0n) is 14.7. The maximum absolute atomic E-state index is 12.5. The Labute approximate surface area is 150 Å². The van der Waals surface area contributed by atoms with Crippen molar-refractivity contribution in [3.8, 4) is 11.8 Å². The van der Waals surface area contributed by atoms with E-state index >= 15 is 0 Å². The van der Waals surface area contributed by atoms with Crippen molar-refractivity contribution in [1.82, 2.24) is 0 Å². The van der Waals surface area contributed by atoms with Gasteiger partial charge in [0.15, 0.2) is 14.4 Å². The van der Waals surface area contributed by atoms with Gasteiger partial charge < -0.3 is 8.61 Å². The Bertz CT molecular complexity index is 881. The molecule has 2 rings (SSSR count). The lowest BCUT2D eigenvalue weighted by Gasteiger charge is -2.23. The van der Waals surface area contributed by atoms with Gasteiger partial charge in [-0.05, 0) is 44.8 Å². The quantitative estimate of drug-likeness (QED) is 0.559. The van der Waals surface area contributed by atoms with Gasteiger partial charge in [-0.1, -0.05) is 35.9 Å². The van der Waals surface area contributed by atoms with Crippen molar-refractivity contribution in [3.63, 3.8) is 0 Å². The summed E-state index contributed by atoms with van der Waals surface area (Å²) in [4.78, 5) is 0.0625. The molecule has 1 atom stereocenters. The van der Waals surface area contributed by atoms with Gasteiger partial charge in [-0.3, -0.25) is 0 Å². The van der Waals surface area contributed by atoms with Crippen LogP contribution >= 0.6 is 0 Å². The number of para-hydroxylation sites is 1. The van der Waals surface area contributed by atoms with Gasteiger partial charge >= 0.3 is 10.1 Å². The number of nitriles is 1. The Morgan fingerprint density at radius 3 is 2.20 bits per heavy atom. The first-order valence-corrected chi connectivity index (χ1v) is 12.6. The van der Waals surface area contributed by atoms with Crippen LogP contribution in [0.2, 0.25) is 19.6 Å². The molecule has 2 aromatic rings. The van der Waals surface area contributed by atoms with Gasteiger partial charge in [0, 0.05) is 5.56 Å². The molecule has 0 aromatic heterocycles. The van der Waals surface area contributed by atoms with Crippen molar-refractivity contribution in [2.24, 2.45) is 0 Å². The fourth-order valence-corrected chi connectivity index (χ4v) is 4.00. The number of aryl methyl sites for hydroxylation is 1. The highest BCUT2D eigenvalue weighted by atomic mass is 32.2. The fourth-order valence-electron chi connectivity index (χ4n) is 2.16. The average molecular weight is 376 g/mol. The standard InChI is InChI=1S/C18H21NO4SSi/c1-14-9-11-15(12-10-14)24(20,21)22-17-8-6-5-7-16(17)18(13-19)23-25(2,3)4/h5-12,18H,1-4H3. The first-order chi connectivity index (χ1) is 11.6. The second-order valence-corrected chi connectivity index (χ2v) is 12.6. The lowest BCUT2D eigenvalue weighted by Crippen LogP contribution is -2.27. The van der Waals surface area contributed by atoms with Crippen molar-refractivity contribution in [2.75, 3.05) is 0 Å². The molecule has 0 saturated carbocycles. The molecule has 0 bridgehead atoms. The minimum absolute atomic E-state index is 0.0625. The van der Waals surface area contributed by atoms with E-state index in [1.807, 2.05) is 26.6 Å². The van der Waals surface area contributed by atoms with Crippen molar-refractivity contribution >= 4 is 18.4 Å². The molecule has 2 aromatic carbocycles. The smallest absolute Gasteiger partial charge is 0.339 e. The molecule has 1 unspecified atom stereocenters. The summed E-state index contributed by atoms with van der Waals surface area (Å²) >= 11 is 0. The molecule has 0 N–H and O–H groups in total. The Kier molecular flexibility index (Phi) is 5.68. The van der Waals surface area contributed by atoms with E-state index in [1.165, 1.54) is 18.2 Å². The van der Waals surface area contributed by atoms with Gasteiger partial charge in [-0.2, -0.15) is 13.7 Å². The number of nitrogens with zero attached hydrogens (tertiary/aromatic N) is 1. The monoisotopic (exact) mass is 375 g/mol. The summed E-state index contributed by atoms with van der Waals surface area (Å²) in [5.74, 6) is 0.105. The highest BCUT2D eigenvalue weighted by molar-refractivity contribution is 7.87. The summed E-state index contributed by atoms with van der Waals surface area (Å²) in [6.07, 6.45) is -0.879. The van der Waals surface area contributed by atoms with Gasteiger partial charge in [0.1, 0.15) is 10.6 Å². The average Bonchev–Trinajstić information content (AvgIpc) is 2.52. The van der Waals surface area contributed by atoms with Crippen LogP contribution in [0.4, 0.5) is 0 Å². The number of benzene rings is 2. The van der Waals surface area contributed by atoms with Crippen molar-refractivity contribution in [2.45, 2.75) is 37.6 Å². The van der Waals surface area contributed by atoms with E-state index in [-0.39, 0.29) is 10.6 Å². The molecular formula is C18H21NO4SSi. The summed E-state index contributed by atoms with van der Waals surface area (Å²) in [5.41, 5.74) is 1.36. The molecule has 0 spiro atoms. The molecule has 0 aliphatic rings. The van der Waals surface area contributed by atoms with Crippen LogP contribution in [-0.4, -0.2) is 16.7 Å². The van der Waals surface area contributed by atoms with Gasteiger partial charge in [-0.25, -0.2) is 0 Å². The summed E-state index contributed by atoms with van der Waals surface area (Å²) in [7, 11) is -6.00. The van der Waals surface area contributed by atoms with Crippen molar-refractivity contribution in [1.29, 1.82) is 5.26 Å². The first-order valence-electron chi connectivity index (χ1n) is 7.80. The normalized spacial score (nSPS) is 13.1. The van der Waals surface area contributed by atoms with Crippen LogP contribution in [0.5, 0.6) is 5.75 Å². The van der Waals surface area contributed by atoms with Crippen LogP contribution in [0.3, 0.4) is 0 Å². The van der Waals surface area contributed by atoms with E-state index in [0.717, 1.165) is 5.56 Å². The Hall–Kier alpha value is -2.14. The molecule has 5 nitrogen and oxygen atoms in total. The van der Waals surface area contributed by atoms with E-state index in [1.54, 1.807) is 30.3 Å². The highest BCUT2D eigenvalue weighted by Gasteiger charge is 2.26. The van der Waals surface area contributed by atoms with Crippen LogP contribution in [0.25, 0.3) is 0 Å². The van der Waals surface area contributed by atoms with Crippen LogP contribution < -0.4 is 4.18 Å². The van der Waals surface area contributed by atoms with E-state index in [2.05, 4.69) is 6.07 Å². The maximum Gasteiger partial charge on any atom is 0.339 e. The van der Waals surface area contributed by atoms with Crippen LogP contribution in [0, 0.1) is 18.3 Å². The lowest BCUT2D eigenvalue weighted by atomic mass is 10.1. The molecule has 7 heteroatoms. The second kappa shape index (κ2) is 7.40. The second-order valence-electron chi connectivity index (χ2n) is 6.63. The third-order valence-electron chi connectivity index (χ3n) is 3.30. The number of hydrogen-bond donors (Lipinski definition) is 0. The molecule has 0 aliphatic heterocycles. The Morgan fingerprint density at radius 2 is 1.64 bits per heavy atom. The van der Waals surface area contributed by atoms with E-state index < -0.39 is 24.5 Å². The number of rotatable bonds is 6. The predicted molar refractivity (Wildman–Crippen MR) is 98.2 cm³/mol. The van der Waals surface area contributed by atoms with Gasteiger partial charge in [-0.15, -0.1) is 0 Å². The molecule has 0 radical (unpaired) electrons. The van der Waals surface area contributed by atoms with E-state index in [4.69, 9.17) is 8.61 Å². The largest absolute Gasteiger partial charge is 0.399 e. The highest BCUT2D eigenvalue weighted by Crippen LogP contribution is 2.31. The molecule has 25 heavy (non-hydrogen) atoms. The molecule has 0 heterocycles. The molecule has 0 saturated heterocycles. The molecule has 0 aliphatic carbocycles. The maximum atomic E-state index is 12.5. The summed E-state index contributed by atoms with van der Waals surface area (Å²) in [6, 6.07) is 15.0. The molecule has 132 valence electrons. The lowest BCUT2D eigenvalue weighted by molar-refractivity contribution is 0.252. The van der Waals surface area contributed by atoms with Crippen LogP contribution in [0.1, 0.15) is 17.2 Å². The third kappa shape index (κ3) is 5.16. The van der Waals surface area contributed by atoms with Crippen LogP contribution in [-0.2, 0) is 14.5 Å². The first kappa shape index (κ1) is 19.2. The minimum Gasteiger partial charge on any atom is -0.399 e. The van der Waals surface area contributed by atoms with Crippen molar-refractivity contribution < 1.29 is 17.0 Å². The molecule has 0 fully saturated rings. The summed E-state index contributed by atoms with van der Waals surface area (Å²) in [6.45, 7) is 7.76. The van der Waals surface area contributed by atoms with Gasteiger partial charge in [0.2, 0.25) is 0 Å². The summed E-state index contributed by atoms with van der Waals surface area (Å²) < 4.78 is 36.2. The topological polar surface area (TPSA) is 76.4 Å². The molecule has 0 amide bonds. The minimum atomic E-state index is -3.99. The third-order valence-corrected chi connectivity index (χ3v) is 5.49. The van der Waals surface area contributed by atoms with Gasteiger partial charge in [0.05, 0.1) is 6.07 Å². The zero-order valence-corrected chi connectivity index (χ0v) is 16.5. The predicted octanol–water partition coefficient (Wildman–Crippen LogP) is 4.18. The number of hydrogen-bond acceptors (Lipinski definition) is 5. The zero-order chi connectivity index (χ0) is 18.7. The SMILES string of the molecule is Cc1ccc(S(=O)(=O)Oc2ccccc2C(C#N)O[Si](C)(C)C)cc1. The fraction of sp³-hybridized carbons (Fsp3) is 0.278. The van der Waals surface area contributed by atoms with Crippen molar-refractivity contribution in [3.05, 3.63) is 59.7 Å². The van der Waals surface area contributed by atoms with E-state index in [9.17, 15) is 13.7 Å². The Morgan fingerprint density at radius 1 is 1.04 bits per heavy atom. The van der Waals surface area contributed by atoms with E-state index in [0.29, 0.717) is 5.56 Å².